The Morgan fingerprint density at radius 1 is 1.11 bits per heavy atom. The minimum absolute atomic E-state index is 0.111. The third-order valence-electron chi connectivity index (χ3n) is 3.40. The van der Waals surface area contributed by atoms with Crippen LogP contribution in [-0.4, -0.2) is 5.60 Å². The van der Waals surface area contributed by atoms with Crippen molar-refractivity contribution in [1.29, 1.82) is 0 Å². The maximum absolute atomic E-state index is 6.08. The van der Waals surface area contributed by atoms with Gasteiger partial charge in [0, 0.05) is 6.42 Å². The monoisotopic (exact) mass is 273 g/mol. The molecule has 1 aliphatic rings. The van der Waals surface area contributed by atoms with Gasteiger partial charge in [0.25, 0.3) is 0 Å². The number of halogens is 1. The largest absolute Gasteiger partial charge is 0.487 e. The molecule has 0 amide bonds. The van der Waals surface area contributed by atoms with Gasteiger partial charge in [-0.3, -0.25) is 0 Å². The zero-order valence-corrected chi connectivity index (χ0v) is 11.8. The summed E-state index contributed by atoms with van der Waals surface area (Å²) in [6.45, 7) is 4.21. The molecule has 3 heteroatoms. The summed E-state index contributed by atoms with van der Waals surface area (Å²) in [5.74, 6) is 0.982. The summed E-state index contributed by atoms with van der Waals surface area (Å²) >= 11 is 6.08. The second-order valence-electron chi connectivity index (χ2n) is 5.60. The fourth-order valence-corrected chi connectivity index (χ4v) is 2.68. The summed E-state index contributed by atoms with van der Waals surface area (Å²) in [7, 11) is 0. The quantitative estimate of drug-likeness (QED) is 0.786. The van der Waals surface area contributed by atoms with Crippen LogP contribution < -0.4 is 10.5 Å². The van der Waals surface area contributed by atoms with Crippen molar-refractivity contribution >= 4 is 17.3 Å². The van der Waals surface area contributed by atoms with Crippen LogP contribution in [-0.2, 0) is 6.42 Å². The number of anilines is 1. The molecule has 0 fully saturated rings. The molecule has 0 saturated carbocycles. The fourth-order valence-electron chi connectivity index (χ4n) is 2.50. The molecule has 2 aromatic carbocycles. The highest BCUT2D eigenvalue weighted by atomic mass is 35.5. The molecule has 1 aliphatic heterocycles. The third-order valence-corrected chi connectivity index (χ3v) is 3.72. The molecule has 0 bridgehead atoms. The Balaban J connectivity index is 2.02. The van der Waals surface area contributed by atoms with Gasteiger partial charge in [-0.1, -0.05) is 23.7 Å². The van der Waals surface area contributed by atoms with Crippen molar-refractivity contribution in [3.8, 4) is 16.9 Å². The van der Waals surface area contributed by atoms with Gasteiger partial charge in [0.2, 0.25) is 0 Å². The van der Waals surface area contributed by atoms with E-state index >= 15 is 0 Å². The van der Waals surface area contributed by atoms with E-state index in [-0.39, 0.29) is 5.60 Å². The standard InChI is InChI=1S/C16H16ClNO/c1-16(2)9-12-7-10(4-6-15(12)19-16)11-3-5-14(18)13(17)8-11/h3-8H,9,18H2,1-2H3. The topological polar surface area (TPSA) is 35.2 Å². The maximum atomic E-state index is 6.08. The van der Waals surface area contributed by atoms with E-state index in [1.54, 1.807) is 0 Å². The number of rotatable bonds is 1. The van der Waals surface area contributed by atoms with Crippen LogP contribution in [0, 0.1) is 0 Å². The van der Waals surface area contributed by atoms with Crippen LogP contribution in [0.3, 0.4) is 0 Å². The van der Waals surface area contributed by atoms with Gasteiger partial charge < -0.3 is 10.5 Å². The zero-order chi connectivity index (χ0) is 13.6. The van der Waals surface area contributed by atoms with Crippen molar-refractivity contribution in [1.82, 2.24) is 0 Å². The first kappa shape index (κ1) is 12.4. The van der Waals surface area contributed by atoms with Crippen LogP contribution in [0.2, 0.25) is 5.02 Å². The van der Waals surface area contributed by atoms with E-state index < -0.39 is 0 Å². The first-order chi connectivity index (χ1) is 8.94. The highest BCUT2D eigenvalue weighted by Crippen LogP contribution is 2.37. The number of hydrogen-bond donors (Lipinski definition) is 1. The lowest BCUT2D eigenvalue weighted by molar-refractivity contribution is 0.138. The van der Waals surface area contributed by atoms with E-state index in [1.807, 2.05) is 24.3 Å². The molecular formula is C16H16ClNO. The molecule has 0 spiro atoms. The first-order valence-electron chi connectivity index (χ1n) is 6.32. The number of ether oxygens (including phenoxy) is 1. The molecule has 0 saturated heterocycles. The average Bonchev–Trinajstić information content (AvgIpc) is 2.65. The van der Waals surface area contributed by atoms with Gasteiger partial charge in [-0.05, 0) is 54.8 Å². The van der Waals surface area contributed by atoms with E-state index in [9.17, 15) is 0 Å². The van der Waals surface area contributed by atoms with Gasteiger partial charge in [-0.2, -0.15) is 0 Å². The normalized spacial score (nSPS) is 15.9. The van der Waals surface area contributed by atoms with E-state index in [0.29, 0.717) is 10.7 Å². The lowest BCUT2D eigenvalue weighted by Gasteiger charge is -2.16. The molecule has 19 heavy (non-hydrogen) atoms. The maximum Gasteiger partial charge on any atom is 0.123 e. The van der Waals surface area contributed by atoms with Crippen molar-refractivity contribution in [2.75, 3.05) is 5.73 Å². The van der Waals surface area contributed by atoms with E-state index in [2.05, 4.69) is 26.0 Å². The molecule has 2 nitrogen and oxygen atoms in total. The highest BCUT2D eigenvalue weighted by molar-refractivity contribution is 6.33. The molecule has 98 valence electrons. The molecule has 0 atom stereocenters. The summed E-state index contributed by atoms with van der Waals surface area (Å²) in [6, 6.07) is 12.0. The molecule has 3 rings (SSSR count). The Kier molecular flexibility index (Phi) is 2.72. The van der Waals surface area contributed by atoms with E-state index in [1.165, 1.54) is 5.56 Å². The summed E-state index contributed by atoms with van der Waals surface area (Å²) < 4.78 is 5.88. The van der Waals surface area contributed by atoms with Crippen molar-refractivity contribution in [2.24, 2.45) is 0 Å². The van der Waals surface area contributed by atoms with Gasteiger partial charge >= 0.3 is 0 Å². The van der Waals surface area contributed by atoms with Crippen LogP contribution in [0.4, 0.5) is 5.69 Å². The minimum atomic E-state index is -0.111. The minimum Gasteiger partial charge on any atom is -0.487 e. The van der Waals surface area contributed by atoms with Crippen molar-refractivity contribution in [3.63, 3.8) is 0 Å². The highest BCUT2D eigenvalue weighted by Gasteiger charge is 2.29. The molecule has 0 radical (unpaired) electrons. The van der Waals surface area contributed by atoms with Crippen LogP contribution in [0.15, 0.2) is 36.4 Å². The first-order valence-corrected chi connectivity index (χ1v) is 6.70. The molecule has 0 unspecified atom stereocenters. The third kappa shape index (κ3) is 2.28. The van der Waals surface area contributed by atoms with Gasteiger partial charge in [-0.25, -0.2) is 0 Å². The fraction of sp³-hybridized carbons (Fsp3) is 0.250. The summed E-state index contributed by atoms with van der Waals surface area (Å²) in [4.78, 5) is 0. The molecule has 2 N–H and O–H groups in total. The van der Waals surface area contributed by atoms with E-state index in [0.717, 1.165) is 23.3 Å². The number of nitrogen functional groups attached to an aromatic ring is 1. The Morgan fingerprint density at radius 2 is 1.79 bits per heavy atom. The second kappa shape index (κ2) is 4.17. The van der Waals surface area contributed by atoms with Gasteiger partial charge in [0.15, 0.2) is 0 Å². The van der Waals surface area contributed by atoms with Crippen molar-refractivity contribution in [2.45, 2.75) is 25.9 Å². The zero-order valence-electron chi connectivity index (χ0n) is 11.0. The summed E-state index contributed by atoms with van der Waals surface area (Å²) in [5, 5.41) is 0.592. The Labute approximate surface area is 118 Å². The molecule has 1 heterocycles. The van der Waals surface area contributed by atoms with Gasteiger partial charge in [0.1, 0.15) is 11.4 Å². The summed E-state index contributed by atoms with van der Waals surface area (Å²) in [5.41, 5.74) is 9.70. The predicted molar refractivity (Wildman–Crippen MR) is 79.7 cm³/mol. The Morgan fingerprint density at radius 3 is 2.53 bits per heavy atom. The number of hydrogen-bond acceptors (Lipinski definition) is 2. The van der Waals surface area contributed by atoms with Crippen LogP contribution >= 0.6 is 11.6 Å². The Hall–Kier alpha value is -1.67. The van der Waals surface area contributed by atoms with Gasteiger partial charge in [0.05, 0.1) is 10.7 Å². The lowest BCUT2D eigenvalue weighted by atomic mass is 9.97. The van der Waals surface area contributed by atoms with E-state index in [4.69, 9.17) is 22.1 Å². The average molecular weight is 274 g/mol. The molecule has 0 aliphatic carbocycles. The molecule has 0 aromatic heterocycles. The predicted octanol–water partition coefficient (Wildman–Crippen LogP) is 4.30. The van der Waals surface area contributed by atoms with Crippen molar-refractivity contribution in [3.05, 3.63) is 47.0 Å². The Bertz CT molecular complexity index is 649. The van der Waals surface area contributed by atoms with Crippen LogP contribution in [0.1, 0.15) is 19.4 Å². The second-order valence-corrected chi connectivity index (χ2v) is 6.00. The molecule has 2 aromatic rings. The number of benzene rings is 2. The van der Waals surface area contributed by atoms with Crippen LogP contribution in [0.5, 0.6) is 5.75 Å². The number of fused-ring (bicyclic) bond motifs is 1. The number of nitrogens with two attached hydrogens (primary N) is 1. The van der Waals surface area contributed by atoms with Crippen LogP contribution in [0.25, 0.3) is 11.1 Å². The molecular weight excluding hydrogens is 258 g/mol. The lowest BCUT2D eigenvalue weighted by Crippen LogP contribution is -2.24. The SMILES string of the molecule is CC1(C)Cc2cc(-c3ccc(N)c(Cl)c3)ccc2O1. The summed E-state index contributed by atoms with van der Waals surface area (Å²) in [6.07, 6.45) is 0.929. The van der Waals surface area contributed by atoms with Crippen molar-refractivity contribution < 1.29 is 4.74 Å². The van der Waals surface area contributed by atoms with Gasteiger partial charge in [-0.15, -0.1) is 0 Å². The smallest absolute Gasteiger partial charge is 0.123 e.